The molecule has 0 spiro atoms. The Morgan fingerprint density at radius 2 is 2.00 bits per heavy atom. The zero-order chi connectivity index (χ0) is 16.9. The summed E-state index contributed by atoms with van der Waals surface area (Å²) in [4.78, 5) is 2.38. The van der Waals surface area contributed by atoms with E-state index in [4.69, 9.17) is 9.26 Å². The van der Waals surface area contributed by atoms with E-state index in [2.05, 4.69) is 15.9 Å². The average molecular weight is 354 g/mol. The lowest BCUT2D eigenvalue weighted by Crippen LogP contribution is -2.35. The zero-order valence-electron chi connectivity index (χ0n) is 13.3. The Labute approximate surface area is 142 Å². The van der Waals surface area contributed by atoms with Crippen LogP contribution in [-0.2, 0) is 11.3 Å². The molecule has 1 saturated heterocycles. The number of nitrogens with zero attached hydrogens (tertiary/aromatic N) is 2. The molecule has 0 atom stereocenters. The minimum atomic E-state index is -0.903. The van der Waals surface area contributed by atoms with Crippen LogP contribution in [0.4, 0.5) is 8.78 Å². The van der Waals surface area contributed by atoms with Crippen molar-refractivity contribution in [1.82, 2.24) is 10.1 Å². The first-order chi connectivity index (χ1) is 11.6. The van der Waals surface area contributed by atoms with Crippen LogP contribution in [0.25, 0.3) is 11.3 Å². The largest absolute Gasteiger partial charge is 0.372 e. The van der Waals surface area contributed by atoms with Crippen LogP contribution in [0.5, 0.6) is 0 Å². The molecule has 3 rings (SSSR count). The Hall–Kier alpha value is -1.57. The summed E-state index contributed by atoms with van der Waals surface area (Å²) in [6.45, 7) is 3.98. The standard InChI is InChI=1S/C17H20F2N2O2S/c1-24-8-5-21(6-9-24)4-7-22-12-14-11-17(20-23-14)13-2-3-15(18)16(19)10-13/h2-3,10-11H,1,4-9,12H2. The molecule has 0 bridgehead atoms. The van der Waals surface area contributed by atoms with Gasteiger partial charge < -0.3 is 9.26 Å². The molecule has 0 aliphatic carbocycles. The van der Waals surface area contributed by atoms with E-state index in [1.807, 2.05) is 0 Å². The Balaban J connectivity index is 1.46. The summed E-state index contributed by atoms with van der Waals surface area (Å²) in [6.07, 6.45) is 0. The van der Waals surface area contributed by atoms with Crippen molar-refractivity contribution in [3.05, 3.63) is 41.7 Å². The van der Waals surface area contributed by atoms with Gasteiger partial charge in [0.25, 0.3) is 0 Å². The molecule has 0 amide bonds. The minimum absolute atomic E-state index is 0.310. The third-order valence-corrected chi connectivity index (χ3v) is 5.48. The number of rotatable bonds is 6. The Kier molecular flexibility index (Phi) is 5.76. The number of benzene rings is 1. The lowest BCUT2D eigenvalue weighted by Gasteiger charge is -2.28. The van der Waals surface area contributed by atoms with E-state index in [9.17, 15) is 8.78 Å². The van der Waals surface area contributed by atoms with E-state index >= 15 is 0 Å². The number of ether oxygens (including phenoxy) is 1. The van der Waals surface area contributed by atoms with Crippen molar-refractivity contribution in [3.63, 3.8) is 0 Å². The van der Waals surface area contributed by atoms with Gasteiger partial charge >= 0.3 is 0 Å². The zero-order valence-corrected chi connectivity index (χ0v) is 14.2. The van der Waals surface area contributed by atoms with E-state index in [0.29, 0.717) is 40.7 Å². The summed E-state index contributed by atoms with van der Waals surface area (Å²) < 4.78 is 37.0. The number of hydrogen-bond donors (Lipinski definition) is 0. The third kappa shape index (κ3) is 4.49. The molecule has 7 heteroatoms. The normalized spacial score (nSPS) is 16.6. The van der Waals surface area contributed by atoms with Crippen LogP contribution in [-0.4, -0.2) is 53.7 Å². The van der Waals surface area contributed by atoms with Gasteiger partial charge in [-0.3, -0.25) is 4.90 Å². The predicted octanol–water partition coefficient (Wildman–Crippen LogP) is 3.15. The van der Waals surface area contributed by atoms with Crippen molar-refractivity contribution < 1.29 is 18.0 Å². The first-order valence-electron chi connectivity index (χ1n) is 7.80. The molecule has 0 saturated carbocycles. The lowest BCUT2D eigenvalue weighted by atomic mass is 10.1. The fraction of sp³-hybridized carbons (Fsp3) is 0.412. The van der Waals surface area contributed by atoms with Crippen LogP contribution >= 0.6 is 10.5 Å². The second-order valence-corrected chi connectivity index (χ2v) is 7.76. The Bertz CT molecular complexity index is 710. The minimum Gasteiger partial charge on any atom is -0.372 e. The molecule has 1 aliphatic heterocycles. The van der Waals surface area contributed by atoms with E-state index in [0.717, 1.165) is 31.8 Å². The van der Waals surface area contributed by atoms with Crippen molar-refractivity contribution >= 4 is 16.4 Å². The maximum atomic E-state index is 13.3. The fourth-order valence-electron chi connectivity index (χ4n) is 2.49. The van der Waals surface area contributed by atoms with Gasteiger partial charge in [0.2, 0.25) is 0 Å². The van der Waals surface area contributed by atoms with Crippen LogP contribution < -0.4 is 0 Å². The highest BCUT2D eigenvalue weighted by molar-refractivity contribution is 8.14. The number of hydrogen-bond acceptors (Lipinski definition) is 4. The second kappa shape index (κ2) is 8.00. The first kappa shape index (κ1) is 17.3. The van der Waals surface area contributed by atoms with E-state index in [1.54, 1.807) is 6.07 Å². The molecule has 24 heavy (non-hydrogen) atoms. The van der Waals surface area contributed by atoms with Crippen molar-refractivity contribution in [1.29, 1.82) is 0 Å². The van der Waals surface area contributed by atoms with Gasteiger partial charge in [-0.1, -0.05) is 11.0 Å². The topological polar surface area (TPSA) is 38.5 Å². The Morgan fingerprint density at radius 3 is 2.75 bits per heavy atom. The average Bonchev–Trinajstić information content (AvgIpc) is 3.05. The highest BCUT2D eigenvalue weighted by Crippen LogP contribution is 2.21. The molecule has 0 unspecified atom stereocenters. The van der Waals surface area contributed by atoms with Crippen LogP contribution in [0.2, 0.25) is 0 Å². The molecule has 1 aromatic heterocycles. The number of aromatic nitrogens is 1. The van der Waals surface area contributed by atoms with Gasteiger partial charge in [0.1, 0.15) is 12.3 Å². The molecule has 4 nitrogen and oxygen atoms in total. The molecular formula is C17H20F2N2O2S. The fourth-order valence-corrected chi connectivity index (χ4v) is 3.73. The van der Waals surface area contributed by atoms with Gasteiger partial charge in [0.05, 0.1) is 6.61 Å². The summed E-state index contributed by atoms with van der Waals surface area (Å²) in [6, 6.07) is 5.32. The van der Waals surface area contributed by atoms with Crippen molar-refractivity contribution in [2.75, 3.05) is 37.7 Å². The SMILES string of the molecule is C=S1CCN(CCOCc2cc(-c3ccc(F)c(F)c3)no2)CC1. The lowest BCUT2D eigenvalue weighted by molar-refractivity contribution is 0.0806. The van der Waals surface area contributed by atoms with Gasteiger partial charge in [-0.2, -0.15) is 10.5 Å². The van der Waals surface area contributed by atoms with Crippen molar-refractivity contribution in [3.8, 4) is 11.3 Å². The van der Waals surface area contributed by atoms with Gasteiger partial charge in [0, 0.05) is 42.8 Å². The quantitative estimate of drug-likeness (QED) is 0.590. The monoisotopic (exact) mass is 354 g/mol. The second-order valence-electron chi connectivity index (χ2n) is 5.72. The molecule has 2 aromatic rings. The molecule has 1 fully saturated rings. The van der Waals surface area contributed by atoms with E-state index in [-0.39, 0.29) is 0 Å². The third-order valence-electron chi connectivity index (χ3n) is 3.96. The molecule has 1 aromatic carbocycles. The molecule has 0 radical (unpaired) electrons. The molecule has 2 heterocycles. The maximum Gasteiger partial charge on any atom is 0.163 e. The summed E-state index contributed by atoms with van der Waals surface area (Å²) in [5, 5.41) is 3.87. The summed E-state index contributed by atoms with van der Waals surface area (Å²) >= 11 is 0. The summed E-state index contributed by atoms with van der Waals surface area (Å²) in [5.74, 6) is 5.22. The first-order valence-corrected chi connectivity index (χ1v) is 9.53. The molecule has 0 N–H and O–H groups in total. The smallest absolute Gasteiger partial charge is 0.163 e. The maximum absolute atomic E-state index is 13.3. The molecular weight excluding hydrogens is 334 g/mol. The highest BCUT2D eigenvalue weighted by atomic mass is 32.2. The highest BCUT2D eigenvalue weighted by Gasteiger charge is 2.12. The molecule has 130 valence electrons. The van der Waals surface area contributed by atoms with Crippen molar-refractivity contribution in [2.45, 2.75) is 6.61 Å². The summed E-state index contributed by atoms with van der Waals surface area (Å²) in [7, 11) is 0.327. The van der Waals surface area contributed by atoms with Gasteiger partial charge in [-0.05, 0) is 18.2 Å². The van der Waals surface area contributed by atoms with Crippen LogP contribution in [0.15, 0.2) is 28.8 Å². The summed E-state index contributed by atoms with van der Waals surface area (Å²) in [5.41, 5.74) is 0.937. The van der Waals surface area contributed by atoms with E-state index < -0.39 is 11.6 Å². The molecule has 1 aliphatic rings. The number of halogens is 2. The predicted molar refractivity (Wildman–Crippen MR) is 92.4 cm³/mol. The van der Waals surface area contributed by atoms with Crippen LogP contribution in [0, 0.1) is 11.6 Å². The van der Waals surface area contributed by atoms with Gasteiger partial charge in [0.15, 0.2) is 17.4 Å². The van der Waals surface area contributed by atoms with Crippen molar-refractivity contribution in [2.24, 2.45) is 0 Å². The van der Waals surface area contributed by atoms with Gasteiger partial charge in [-0.15, -0.1) is 0 Å². The van der Waals surface area contributed by atoms with Crippen LogP contribution in [0.3, 0.4) is 0 Å². The van der Waals surface area contributed by atoms with Crippen LogP contribution in [0.1, 0.15) is 5.76 Å². The van der Waals surface area contributed by atoms with E-state index in [1.165, 1.54) is 17.6 Å². The van der Waals surface area contributed by atoms with Gasteiger partial charge in [-0.25, -0.2) is 8.78 Å². The Morgan fingerprint density at radius 1 is 1.21 bits per heavy atom.